The molecule has 3 unspecified atom stereocenters. The molecule has 2 rings (SSSR count). The summed E-state index contributed by atoms with van der Waals surface area (Å²) in [4.78, 5) is 12.0. The van der Waals surface area contributed by atoms with E-state index in [0.717, 1.165) is 19.3 Å². The van der Waals surface area contributed by atoms with Gasteiger partial charge in [-0.3, -0.25) is 4.79 Å². The highest BCUT2D eigenvalue weighted by Gasteiger charge is 2.29. The minimum atomic E-state index is -0.652. The van der Waals surface area contributed by atoms with Gasteiger partial charge in [-0.25, -0.2) is 4.39 Å². The highest BCUT2D eigenvalue weighted by atomic mass is 19.1. The number of aliphatic hydroxyl groups excluding tert-OH is 1. The second kappa shape index (κ2) is 6.70. The fourth-order valence-electron chi connectivity index (χ4n) is 2.52. The molecule has 0 bridgehead atoms. The van der Waals surface area contributed by atoms with Crippen LogP contribution >= 0.6 is 0 Å². The van der Waals surface area contributed by atoms with E-state index in [1.165, 1.54) is 24.3 Å². The fraction of sp³-hybridized carbons (Fsp3) is 0.533. The van der Waals surface area contributed by atoms with Gasteiger partial charge in [-0.05, 0) is 44.0 Å². The Morgan fingerprint density at radius 1 is 1.45 bits per heavy atom. The first kappa shape index (κ1) is 14.8. The number of ether oxygens (including phenoxy) is 1. The molecule has 0 saturated heterocycles. The van der Waals surface area contributed by atoms with Crippen LogP contribution in [0.3, 0.4) is 0 Å². The molecule has 1 amide bonds. The fourth-order valence-corrected chi connectivity index (χ4v) is 2.52. The number of rotatable bonds is 5. The summed E-state index contributed by atoms with van der Waals surface area (Å²) in [5, 5.41) is 12.1. The van der Waals surface area contributed by atoms with Gasteiger partial charge < -0.3 is 15.2 Å². The predicted octanol–water partition coefficient (Wildman–Crippen LogP) is 1.87. The van der Waals surface area contributed by atoms with E-state index in [9.17, 15) is 14.3 Å². The molecule has 20 heavy (non-hydrogen) atoms. The molecule has 0 spiro atoms. The summed E-state index contributed by atoms with van der Waals surface area (Å²) in [6.45, 7) is 1.75. The molecule has 0 radical (unpaired) electrons. The highest BCUT2D eigenvalue weighted by molar-refractivity contribution is 5.81. The van der Waals surface area contributed by atoms with Gasteiger partial charge in [-0.15, -0.1) is 0 Å². The minimum absolute atomic E-state index is 0.0202. The van der Waals surface area contributed by atoms with Crippen molar-refractivity contribution in [3.8, 4) is 5.75 Å². The highest BCUT2D eigenvalue weighted by Crippen LogP contribution is 2.25. The Balaban J connectivity index is 1.87. The van der Waals surface area contributed by atoms with Gasteiger partial charge in [0, 0.05) is 18.6 Å². The largest absolute Gasteiger partial charge is 0.481 e. The van der Waals surface area contributed by atoms with E-state index >= 15 is 0 Å². The molecular weight excluding hydrogens is 261 g/mol. The van der Waals surface area contributed by atoms with Gasteiger partial charge in [0.25, 0.3) is 5.91 Å². The van der Waals surface area contributed by atoms with Crippen LogP contribution in [0, 0.1) is 11.7 Å². The maximum Gasteiger partial charge on any atom is 0.261 e. The predicted molar refractivity (Wildman–Crippen MR) is 72.8 cm³/mol. The third-order valence-electron chi connectivity index (χ3n) is 3.72. The van der Waals surface area contributed by atoms with Crippen molar-refractivity contribution in [2.45, 2.75) is 38.3 Å². The average molecular weight is 281 g/mol. The summed E-state index contributed by atoms with van der Waals surface area (Å²) in [5.74, 6) is 0.0435. The van der Waals surface area contributed by atoms with Gasteiger partial charge in [0.05, 0.1) is 0 Å². The number of hydrogen-bond acceptors (Lipinski definition) is 3. The number of aliphatic hydroxyl groups is 1. The molecule has 1 saturated carbocycles. The zero-order valence-electron chi connectivity index (χ0n) is 11.5. The van der Waals surface area contributed by atoms with Crippen molar-refractivity contribution >= 4 is 5.91 Å². The van der Waals surface area contributed by atoms with Crippen molar-refractivity contribution < 1.29 is 19.0 Å². The third kappa shape index (κ3) is 3.70. The van der Waals surface area contributed by atoms with E-state index in [4.69, 9.17) is 4.74 Å². The quantitative estimate of drug-likeness (QED) is 0.866. The first-order valence-corrected chi connectivity index (χ1v) is 6.93. The maximum atomic E-state index is 12.8. The van der Waals surface area contributed by atoms with E-state index < -0.39 is 6.10 Å². The van der Waals surface area contributed by atoms with Crippen molar-refractivity contribution in [2.24, 2.45) is 5.92 Å². The van der Waals surface area contributed by atoms with Crippen LogP contribution in [0.1, 0.15) is 26.2 Å². The average Bonchev–Trinajstić information content (AvgIpc) is 2.88. The van der Waals surface area contributed by atoms with Gasteiger partial charge in [0.15, 0.2) is 6.10 Å². The van der Waals surface area contributed by atoms with Gasteiger partial charge in [0.2, 0.25) is 0 Å². The molecule has 5 heteroatoms. The van der Waals surface area contributed by atoms with Gasteiger partial charge >= 0.3 is 0 Å². The monoisotopic (exact) mass is 281 g/mol. The first-order valence-electron chi connectivity index (χ1n) is 6.93. The molecule has 110 valence electrons. The molecule has 0 aliphatic heterocycles. The Morgan fingerprint density at radius 3 is 2.80 bits per heavy atom. The molecule has 1 aromatic rings. The van der Waals surface area contributed by atoms with Crippen LogP contribution in [0.5, 0.6) is 5.75 Å². The van der Waals surface area contributed by atoms with Crippen molar-refractivity contribution in [1.29, 1.82) is 0 Å². The molecule has 4 nitrogen and oxygen atoms in total. The Morgan fingerprint density at radius 2 is 2.15 bits per heavy atom. The zero-order valence-corrected chi connectivity index (χ0v) is 11.5. The molecule has 2 N–H and O–H groups in total. The van der Waals surface area contributed by atoms with Crippen LogP contribution in [0.15, 0.2) is 24.3 Å². The Bertz CT molecular complexity index is 449. The van der Waals surface area contributed by atoms with Crippen molar-refractivity contribution in [2.75, 3.05) is 6.61 Å². The Labute approximate surface area is 117 Å². The number of benzene rings is 1. The molecule has 3 atom stereocenters. The lowest BCUT2D eigenvalue weighted by atomic mass is 10.0. The second-order valence-electron chi connectivity index (χ2n) is 5.20. The van der Waals surface area contributed by atoms with Crippen LogP contribution in [-0.4, -0.2) is 29.8 Å². The zero-order chi connectivity index (χ0) is 14.5. The SMILES string of the molecule is CC(Oc1ccc(F)cc1)C(=O)NC1CCCC1CO. The standard InChI is InChI=1S/C15H20FNO3/c1-10(20-13-7-5-12(16)6-8-13)15(19)17-14-4-2-3-11(14)9-18/h5-8,10-11,14,18H,2-4,9H2,1H3,(H,17,19). The van der Waals surface area contributed by atoms with Crippen LogP contribution in [0.4, 0.5) is 4.39 Å². The molecule has 0 aromatic heterocycles. The number of halogens is 1. The maximum absolute atomic E-state index is 12.8. The second-order valence-corrected chi connectivity index (χ2v) is 5.20. The number of amides is 1. The van der Waals surface area contributed by atoms with E-state index in [2.05, 4.69) is 5.32 Å². The number of nitrogens with one attached hydrogen (secondary N) is 1. The molecule has 1 aliphatic rings. The van der Waals surface area contributed by atoms with Crippen molar-refractivity contribution in [3.63, 3.8) is 0 Å². The Kier molecular flexibility index (Phi) is 4.95. The van der Waals surface area contributed by atoms with E-state index in [-0.39, 0.29) is 30.3 Å². The van der Waals surface area contributed by atoms with Crippen LogP contribution < -0.4 is 10.1 Å². The van der Waals surface area contributed by atoms with E-state index in [0.29, 0.717) is 5.75 Å². The topological polar surface area (TPSA) is 58.6 Å². The summed E-state index contributed by atoms with van der Waals surface area (Å²) in [6.07, 6.45) is 2.19. The summed E-state index contributed by atoms with van der Waals surface area (Å²) < 4.78 is 18.2. The smallest absolute Gasteiger partial charge is 0.261 e. The lowest BCUT2D eigenvalue weighted by molar-refractivity contribution is -0.128. The lowest BCUT2D eigenvalue weighted by Crippen LogP contribution is -2.44. The molecule has 1 fully saturated rings. The summed E-state index contributed by atoms with van der Waals surface area (Å²) in [6, 6.07) is 5.58. The van der Waals surface area contributed by atoms with Gasteiger partial charge in [-0.1, -0.05) is 6.42 Å². The van der Waals surface area contributed by atoms with Gasteiger partial charge in [-0.2, -0.15) is 0 Å². The summed E-state index contributed by atoms with van der Waals surface area (Å²) >= 11 is 0. The summed E-state index contributed by atoms with van der Waals surface area (Å²) in [7, 11) is 0. The van der Waals surface area contributed by atoms with Crippen LogP contribution in [0.2, 0.25) is 0 Å². The Hall–Kier alpha value is -1.62. The lowest BCUT2D eigenvalue weighted by Gasteiger charge is -2.22. The van der Waals surface area contributed by atoms with Crippen molar-refractivity contribution in [1.82, 2.24) is 5.32 Å². The molecule has 1 aliphatic carbocycles. The molecule has 0 heterocycles. The van der Waals surface area contributed by atoms with E-state index in [1.54, 1.807) is 6.92 Å². The summed E-state index contributed by atoms with van der Waals surface area (Å²) in [5.41, 5.74) is 0. The van der Waals surface area contributed by atoms with Crippen LogP contribution in [0.25, 0.3) is 0 Å². The van der Waals surface area contributed by atoms with Crippen molar-refractivity contribution in [3.05, 3.63) is 30.1 Å². The third-order valence-corrected chi connectivity index (χ3v) is 3.72. The molecule has 1 aromatic carbocycles. The number of carbonyl (C=O) groups is 1. The van der Waals surface area contributed by atoms with Gasteiger partial charge in [0.1, 0.15) is 11.6 Å². The van der Waals surface area contributed by atoms with E-state index in [1.807, 2.05) is 0 Å². The number of carbonyl (C=O) groups excluding carboxylic acids is 1. The minimum Gasteiger partial charge on any atom is -0.481 e. The van der Waals surface area contributed by atoms with Crippen LogP contribution in [-0.2, 0) is 4.79 Å². The number of hydrogen-bond donors (Lipinski definition) is 2. The normalized spacial score (nSPS) is 23.4. The molecular formula is C15H20FNO3. The first-order chi connectivity index (χ1) is 9.60.